The number of para-hydroxylation sites is 1. The van der Waals surface area contributed by atoms with E-state index in [1.165, 1.54) is 18.2 Å². The Balaban J connectivity index is 2.42. The first kappa shape index (κ1) is 14.8. The molecule has 6 heteroatoms. The predicted octanol–water partition coefficient (Wildman–Crippen LogP) is 1.25. The van der Waals surface area contributed by atoms with E-state index in [0.29, 0.717) is 12.2 Å². The lowest BCUT2D eigenvalue weighted by Crippen LogP contribution is -2.24. The summed E-state index contributed by atoms with van der Waals surface area (Å²) in [5.41, 5.74) is 5.63. The molecule has 3 N–H and O–H groups in total. The summed E-state index contributed by atoms with van der Waals surface area (Å²) in [6.07, 6.45) is 0.597. The second-order valence-corrected chi connectivity index (χ2v) is 5.66. The van der Waals surface area contributed by atoms with E-state index in [9.17, 15) is 13.4 Å². The van der Waals surface area contributed by atoms with Crippen molar-refractivity contribution in [1.82, 2.24) is 0 Å². The molecule has 2 unspecified atom stereocenters. The Morgan fingerprint density at radius 2 is 2.17 bits per heavy atom. The molecule has 1 aromatic rings. The molecule has 0 radical (unpaired) electrons. The Kier molecular flexibility index (Phi) is 5.94. The zero-order valence-corrected chi connectivity index (χ0v) is 11.0. The van der Waals surface area contributed by atoms with Crippen LogP contribution in [0, 0.1) is 5.82 Å². The molecule has 1 rings (SSSR count). The molecule has 4 nitrogen and oxygen atoms in total. The molecule has 0 saturated carbocycles. The van der Waals surface area contributed by atoms with Crippen molar-refractivity contribution < 1.29 is 13.4 Å². The molecule has 0 spiro atoms. The molecule has 18 heavy (non-hydrogen) atoms. The van der Waals surface area contributed by atoms with Gasteiger partial charge in [-0.1, -0.05) is 12.1 Å². The van der Waals surface area contributed by atoms with Crippen LogP contribution in [0.4, 0.5) is 10.1 Å². The van der Waals surface area contributed by atoms with Crippen LogP contribution < -0.4 is 11.1 Å². The largest absolute Gasteiger partial charge is 0.328 e. The first-order chi connectivity index (χ1) is 8.49. The van der Waals surface area contributed by atoms with Crippen LogP contribution in [0.3, 0.4) is 0 Å². The summed E-state index contributed by atoms with van der Waals surface area (Å²) in [7, 11) is -1.27. The van der Waals surface area contributed by atoms with E-state index < -0.39 is 22.5 Å². The van der Waals surface area contributed by atoms with Crippen LogP contribution in [0.15, 0.2) is 24.3 Å². The minimum Gasteiger partial charge on any atom is -0.328 e. The zero-order valence-electron chi connectivity index (χ0n) is 10.2. The highest BCUT2D eigenvalue weighted by molar-refractivity contribution is 7.85. The van der Waals surface area contributed by atoms with Gasteiger partial charge in [0.05, 0.1) is 5.69 Å². The number of rotatable bonds is 6. The van der Waals surface area contributed by atoms with E-state index in [0.717, 1.165) is 0 Å². The van der Waals surface area contributed by atoms with E-state index in [1.54, 1.807) is 6.07 Å². The molecule has 0 bridgehead atoms. The molecule has 0 heterocycles. The fraction of sp³-hybridized carbons (Fsp3) is 0.417. The SMILES string of the molecule is CC(N)CCS(=O)CC(=O)Nc1ccccc1F. The molecule has 2 atom stereocenters. The van der Waals surface area contributed by atoms with Gasteiger partial charge in [0, 0.05) is 22.6 Å². The average Bonchev–Trinajstić information content (AvgIpc) is 2.29. The molecule has 1 aromatic carbocycles. The van der Waals surface area contributed by atoms with Crippen LogP contribution >= 0.6 is 0 Å². The monoisotopic (exact) mass is 272 g/mol. The number of carbonyl (C=O) groups is 1. The second kappa shape index (κ2) is 7.23. The average molecular weight is 272 g/mol. The summed E-state index contributed by atoms with van der Waals surface area (Å²) >= 11 is 0. The van der Waals surface area contributed by atoms with Gasteiger partial charge in [0.15, 0.2) is 0 Å². The molecule has 0 aromatic heterocycles. The summed E-state index contributed by atoms with van der Waals surface area (Å²) in [6.45, 7) is 1.82. The Hall–Kier alpha value is -1.27. The summed E-state index contributed by atoms with van der Waals surface area (Å²) in [5, 5.41) is 2.39. The highest BCUT2D eigenvalue weighted by Gasteiger charge is 2.10. The van der Waals surface area contributed by atoms with Crippen molar-refractivity contribution in [3.8, 4) is 0 Å². The van der Waals surface area contributed by atoms with E-state index in [4.69, 9.17) is 5.73 Å². The van der Waals surface area contributed by atoms with Gasteiger partial charge in [0.1, 0.15) is 11.6 Å². The van der Waals surface area contributed by atoms with Crippen molar-refractivity contribution in [3.05, 3.63) is 30.1 Å². The molecule has 0 saturated heterocycles. The van der Waals surface area contributed by atoms with Crippen molar-refractivity contribution in [1.29, 1.82) is 0 Å². The fourth-order valence-electron chi connectivity index (χ4n) is 1.28. The van der Waals surface area contributed by atoms with Gasteiger partial charge in [-0.05, 0) is 25.5 Å². The molecule has 0 aliphatic heterocycles. The number of benzene rings is 1. The molecule has 0 aliphatic rings. The Morgan fingerprint density at radius 1 is 1.50 bits per heavy atom. The van der Waals surface area contributed by atoms with Crippen molar-refractivity contribution in [2.24, 2.45) is 5.73 Å². The minimum absolute atomic E-state index is 0.0384. The smallest absolute Gasteiger partial charge is 0.237 e. The highest BCUT2D eigenvalue weighted by Crippen LogP contribution is 2.12. The Bertz CT molecular complexity index is 438. The second-order valence-electron chi connectivity index (χ2n) is 4.08. The summed E-state index contributed by atoms with van der Waals surface area (Å²) in [6, 6.07) is 5.82. The van der Waals surface area contributed by atoms with Crippen LogP contribution in [-0.4, -0.2) is 27.7 Å². The summed E-state index contributed by atoms with van der Waals surface area (Å²) < 4.78 is 24.8. The highest BCUT2D eigenvalue weighted by atomic mass is 32.2. The van der Waals surface area contributed by atoms with Crippen molar-refractivity contribution in [3.63, 3.8) is 0 Å². The molecule has 0 aliphatic carbocycles. The third kappa shape index (κ3) is 5.37. The van der Waals surface area contributed by atoms with Crippen LogP contribution in [0.2, 0.25) is 0 Å². The number of nitrogens with one attached hydrogen (secondary N) is 1. The summed E-state index contributed by atoms with van der Waals surface area (Å²) in [5.74, 6) is -0.723. The van der Waals surface area contributed by atoms with Crippen LogP contribution in [0.1, 0.15) is 13.3 Å². The predicted molar refractivity (Wildman–Crippen MR) is 71.2 cm³/mol. The van der Waals surface area contributed by atoms with Crippen LogP contribution in [0.5, 0.6) is 0 Å². The van der Waals surface area contributed by atoms with E-state index >= 15 is 0 Å². The maximum Gasteiger partial charge on any atom is 0.237 e. The van der Waals surface area contributed by atoms with Gasteiger partial charge < -0.3 is 11.1 Å². The number of amides is 1. The summed E-state index contributed by atoms with van der Waals surface area (Å²) in [4.78, 5) is 11.5. The first-order valence-electron chi connectivity index (χ1n) is 5.64. The van der Waals surface area contributed by atoms with Gasteiger partial charge in [0.2, 0.25) is 5.91 Å². The lowest BCUT2D eigenvalue weighted by atomic mass is 10.3. The van der Waals surface area contributed by atoms with Gasteiger partial charge in [-0.2, -0.15) is 0 Å². The lowest BCUT2D eigenvalue weighted by molar-refractivity contribution is -0.113. The van der Waals surface area contributed by atoms with Crippen molar-refractivity contribution in [2.75, 3.05) is 16.8 Å². The third-order valence-electron chi connectivity index (χ3n) is 2.24. The van der Waals surface area contributed by atoms with Gasteiger partial charge in [-0.25, -0.2) is 4.39 Å². The standard InChI is InChI=1S/C12H17FN2O2S/c1-9(14)6-7-18(17)8-12(16)15-11-5-3-2-4-10(11)13/h2-5,9H,6-8,14H2,1H3,(H,15,16). The number of halogens is 1. The number of hydrogen-bond acceptors (Lipinski definition) is 3. The molecule has 100 valence electrons. The van der Waals surface area contributed by atoms with Crippen LogP contribution in [-0.2, 0) is 15.6 Å². The minimum atomic E-state index is -1.27. The quantitative estimate of drug-likeness (QED) is 0.818. The lowest BCUT2D eigenvalue weighted by Gasteiger charge is -2.07. The Morgan fingerprint density at radius 3 is 2.78 bits per heavy atom. The first-order valence-corrected chi connectivity index (χ1v) is 7.12. The molecular weight excluding hydrogens is 255 g/mol. The maximum atomic E-state index is 13.2. The van der Waals surface area contributed by atoms with Gasteiger partial charge >= 0.3 is 0 Å². The fourth-order valence-corrected chi connectivity index (χ4v) is 2.43. The van der Waals surface area contributed by atoms with E-state index in [1.807, 2.05) is 6.92 Å². The van der Waals surface area contributed by atoms with E-state index in [2.05, 4.69) is 5.32 Å². The maximum absolute atomic E-state index is 13.2. The zero-order chi connectivity index (χ0) is 13.5. The Labute approximate surface area is 108 Å². The molecule has 1 amide bonds. The van der Waals surface area contributed by atoms with Crippen molar-refractivity contribution >= 4 is 22.4 Å². The van der Waals surface area contributed by atoms with E-state index in [-0.39, 0.29) is 17.5 Å². The topological polar surface area (TPSA) is 72.2 Å². The van der Waals surface area contributed by atoms with Gasteiger partial charge in [-0.3, -0.25) is 9.00 Å². The van der Waals surface area contributed by atoms with Gasteiger partial charge in [0.25, 0.3) is 0 Å². The third-order valence-corrected chi connectivity index (χ3v) is 3.52. The number of hydrogen-bond donors (Lipinski definition) is 2. The van der Waals surface area contributed by atoms with Gasteiger partial charge in [-0.15, -0.1) is 0 Å². The number of anilines is 1. The van der Waals surface area contributed by atoms with Crippen LogP contribution in [0.25, 0.3) is 0 Å². The molecule has 0 fully saturated rings. The van der Waals surface area contributed by atoms with Crippen molar-refractivity contribution in [2.45, 2.75) is 19.4 Å². The number of nitrogens with two attached hydrogens (primary N) is 1. The number of carbonyl (C=O) groups excluding carboxylic acids is 1. The normalized spacial score (nSPS) is 13.9. The molecular formula is C12H17FN2O2S.